The van der Waals surface area contributed by atoms with Crippen LogP contribution in [0.1, 0.15) is 21.5 Å². The molecule has 23 heavy (non-hydrogen) atoms. The predicted octanol–water partition coefficient (Wildman–Crippen LogP) is 2.58. The van der Waals surface area contributed by atoms with Crippen LogP contribution in [0.4, 0.5) is 18.9 Å². The van der Waals surface area contributed by atoms with Crippen molar-refractivity contribution >= 4 is 11.6 Å². The summed E-state index contributed by atoms with van der Waals surface area (Å²) in [6.45, 7) is 0.522. The van der Waals surface area contributed by atoms with E-state index in [9.17, 15) is 22.8 Å². The molecule has 2 aromatic rings. The van der Waals surface area contributed by atoms with Gasteiger partial charge in [0.1, 0.15) is 11.4 Å². The number of carbonyl (C=O) groups is 1. The highest BCUT2D eigenvalue weighted by atomic mass is 19.4. The zero-order valence-corrected chi connectivity index (χ0v) is 11.7. The summed E-state index contributed by atoms with van der Waals surface area (Å²) in [7, 11) is 0. The van der Waals surface area contributed by atoms with E-state index >= 15 is 0 Å². The van der Waals surface area contributed by atoms with E-state index in [-0.39, 0.29) is 5.56 Å². The summed E-state index contributed by atoms with van der Waals surface area (Å²) >= 11 is 0. The van der Waals surface area contributed by atoms with Gasteiger partial charge in [0, 0.05) is 18.2 Å². The molecule has 0 aliphatic carbocycles. The molecule has 1 amide bonds. The van der Waals surface area contributed by atoms with E-state index in [1.807, 2.05) is 4.98 Å². The van der Waals surface area contributed by atoms with Crippen LogP contribution in [0.5, 0.6) is 5.75 Å². The van der Waals surface area contributed by atoms with Crippen molar-refractivity contribution in [3.8, 4) is 5.75 Å². The summed E-state index contributed by atoms with van der Waals surface area (Å²) in [6, 6.07) is 5.31. The van der Waals surface area contributed by atoms with E-state index < -0.39 is 28.9 Å². The number of hydrogen-bond donors (Lipinski definition) is 2. The number of halogens is 3. The molecule has 2 N–H and O–H groups in total. The average Bonchev–Trinajstić information content (AvgIpc) is 2.95. The molecule has 0 unspecified atom stereocenters. The van der Waals surface area contributed by atoms with Gasteiger partial charge in [-0.25, -0.2) is 0 Å². The first-order valence-corrected chi connectivity index (χ1v) is 6.71. The Bertz CT molecular complexity index is 827. The standard InChI is InChI=1S/C15H11F3N2O3/c16-15(17,18)10-6-11(14(22)19-7-10)20-13(21)9-1-2-12-8(5-9)3-4-23-12/h1-2,5-7H,3-4H2,(H,19,22)(H,20,21). The normalized spacial score (nSPS) is 13.3. The molecule has 8 heteroatoms. The van der Waals surface area contributed by atoms with Gasteiger partial charge in [-0.1, -0.05) is 0 Å². The summed E-state index contributed by atoms with van der Waals surface area (Å²) in [4.78, 5) is 25.7. The highest BCUT2D eigenvalue weighted by Gasteiger charge is 2.31. The van der Waals surface area contributed by atoms with Gasteiger partial charge >= 0.3 is 6.18 Å². The van der Waals surface area contributed by atoms with Gasteiger partial charge in [0.25, 0.3) is 11.5 Å². The molecule has 0 saturated carbocycles. The Kier molecular flexibility index (Phi) is 3.59. The van der Waals surface area contributed by atoms with Crippen LogP contribution in [0.3, 0.4) is 0 Å². The van der Waals surface area contributed by atoms with Crippen molar-refractivity contribution in [3.63, 3.8) is 0 Å². The zero-order valence-electron chi connectivity index (χ0n) is 11.7. The highest BCUT2D eigenvalue weighted by molar-refractivity contribution is 6.04. The quantitative estimate of drug-likeness (QED) is 0.892. The number of fused-ring (bicyclic) bond motifs is 1. The lowest BCUT2D eigenvalue weighted by atomic mass is 10.1. The molecule has 2 heterocycles. The van der Waals surface area contributed by atoms with Crippen LogP contribution in [-0.4, -0.2) is 17.5 Å². The fourth-order valence-corrected chi connectivity index (χ4v) is 2.26. The first kappa shape index (κ1) is 15.1. The van der Waals surface area contributed by atoms with E-state index in [1.165, 1.54) is 6.07 Å². The molecule has 0 spiro atoms. The maximum atomic E-state index is 12.7. The molecular weight excluding hydrogens is 313 g/mol. The SMILES string of the molecule is O=C(Nc1cc(C(F)(F)F)c[nH]c1=O)c1ccc2c(c1)CCO2. The molecule has 1 aliphatic rings. The number of nitrogens with one attached hydrogen (secondary N) is 2. The minimum atomic E-state index is -4.62. The molecule has 5 nitrogen and oxygen atoms in total. The van der Waals surface area contributed by atoms with Crippen molar-refractivity contribution in [3.05, 3.63) is 57.5 Å². The smallest absolute Gasteiger partial charge is 0.417 e. The number of pyridine rings is 1. The Morgan fingerprint density at radius 3 is 2.78 bits per heavy atom. The number of anilines is 1. The predicted molar refractivity (Wildman–Crippen MR) is 75.7 cm³/mol. The number of alkyl halides is 3. The molecule has 1 aliphatic heterocycles. The fraction of sp³-hybridized carbons (Fsp3) is 0.200. The Hall–Kier alpha value is -2.77. The number of rotatable bonds is 2. The number of ether oxygens (including phenoxy) is 1. The van der Waals surface area contributed by atoms with Gasteiger partial charge in [0.05, 0.1) is 12.2 Å². The maximum absolute atomic E-state index is 12.7. The lowest BCUT2D eigenvalue weighted by molar-refractivity contribution is -0.137. The third-order valence-electron chi connectivity index (χ3n) is 3.43. The second-order valence-corrected chi connectivity index (χ2v) is 5.00. The lowest BCUT2D eigenvalue weighted by Crippen LogP contribution is -2.21. The van der Waals surface area contributed by atoms with Gasteiger partial charge in [-0.15, -0.1) is 0 Å². The molecule has 120 valence electrons. The third kappa shape index (κ3) is 3.05. The summed E-state index contributed by atoms with van der Waals surface area (Å²) in [5.41, 5.74) is -1.23. The van der Waals surface area contributed by atoms with Crippen LogP contribution in [0, 0.1) is 0 Å². The fourth-order valence-electron chi connectivity index (χ4n) is 2.26. The van der Waals surface area contributed by atoms with Crippen molar-refractivity contribution in [2.24, 2.45) is 0 Å². The highest BCUT2D eigenvalue weighted by Crippen LogP contribution is 2.29. The molecule has 0 fully saturated rings. The molecule has 0 bridgehead atoms. The second-order valence-electron chi connectivity index (χ2n) is 5.00. The van der Waals surface area contributed by atoms with Gasteiger partial charge in [0.2, 0.25) is 0 Å². The van der Waals surface area contributed by atoms with E-state index in [2.05, 4.69) is 5.32 Å². The molecule has 3 rings (SSSR count). The molecule has 0 saturated heterocycles. The van der Waals surface area contributed by atoms with Gasteiger partial charge in [0.15, 0.2) is 0 Å². The van der Waals surface area contributed by atoms with Gasteiger partial charge in [-0.05, 0) is 29.8 Å². The number of aromatic nitrogens is 1. The second kappa shape index (κ2) is 5.45. The Morgan fingerprint density at radius 1 is 1.26 bits per heavy atom. The summed E-state index contributed by atoms with van der Waals surface area (Å²) in [5.74, 6) is 0.0167. The summed E-state index contributed by atoms with van der Waals surface area (Å²) in [5, 5.41) is 2.21. The summed E-state index contributed by atoms with van der Waals surface area (Å²) < 4.78 is 43.3. The van der Waals surface area contributed by atoms with Gasteiger partial charge in [-0.3, -0.25) is 9.59 Å². The van der Waals surface area contributed by atoms with Crippen LogP contribution >= 0.6 is 0 Å². The lowest BCUT2D eigenvalue weighted by Gasteiger charge is -2.09. The number of hydrogen-bond acceptors (Lipinski definition) is 3. The number of H-pyrrole nitrogens is 1. The first-order valence-electron chi connectivity index (χ1n) is 6.71. The molecule has 0 atom stereocenters. The largest absolute Gasteiger partial charge is 0.493 e. The monoisotopic (exact) mass is 324 g/mol. The van der Waals surface area contributed by atoms with Crippen molar-refractivity contribution in [2.45, 2.75) is 12.6 Å². The number of carbonyl (C=O) groups excluding carboxylic acids is 1. The molecule has 1 aromatic heterocycles. The maximum Gasteiger partial charge on any atom is 0.417 e. The van der Waals surface area contributed by atoms with E-state index in [1.54, 1.807) is 12.1 Å². The van der Waals surface area contributed by atoms with Crippen LogP contribution in [-0.2, 0) is 12.6 Å². The van der Waals surface area contributed by atoms with Crippen molar-refractivity contribution < 1.29 is 22.7 Å². The minimum absolute atomic E-state index is 0.242. The Labute approximate surface area is 128 Å². The first-order chi connectivity index (χ1) is 10.8. The van der Waals surface area contributed by atoms with Crippen molar-refractivity contribution in [2.75, 3.05) is 11.9 Å². The number of aromatic amines is 1. The minimum Gasteiger partial charge on any atom is -0.493 e. The Morgan fingerprint density at radius 2 is 2.04 bits per heavy atom. The van der Waals surface area contributed by atoms with Crippen LogP contribution in [0.2, 0.25) is 0 Å². The number of amides is 1. The van der Waals surface area contributed by atoms with Gasteiger partial charge in [-0.2, -0.15) is 13.2 Å². The zero-order chi connectivity index (χ0) is 16.6. The molecule has 1 aromatic carbocycles. The van der Waals surface area contributed by atoms with E-state index in [4.69, 9.17) is 4.74 Å². The third-order valence-corrected chi connectivity index (χ3v) is 3.43. The van der Waals surface area contributed by atoms with Crippen LogP contribution < -0.4 is 15.6 Å². The number of benzene rings is 1. The molecular formula is C15H11F3N2O3. The van der Waals surface area contributed by atoms with E-state index in [0.717, 1.165) is 5.56 Å². The Balaban J connectivity index is 1.87. The van der Waals surface area contributed by atoms with E-state index in [0.29, 0.717) is 31.0 Å². The summed E-state index contributed by atoms with van der Waals surface area (Å²) in [6.07, 6.45) is -3.40. The van der Waals surface area contributed by atoms with Crippen molar-refractivity contribution in [1.82, 2.24) is 4.98 Å². The topological polar surface area (TPSA) is 71.2 Å². The van der Waals surface area contributed by atoms with Crippen LogP contribution in [0.25, 0.3) is 0 Å². The van der Waals surface area contributed by atoms with Crippen molar-refractivity contribution in [1.29, 1.82) is 0 Å². The van der Waals surface area contributed by atoms with Gasteiger partial charge < -0.3 is 15.0 Å². The van der Waals surface area contributed by atoms with Crippen LogP contribution in [0.15, 0.2) is 35.3 Å². The molecule has 0 radical (unpaired) electrons. The average molecular weight is 324 g/mol.